The second-order valence-corrected chi connectivity index (χ2v) is 7.16. The Hall–Kier alpha value is -2.35. The van der Waals surface area contributed by atoms with Gasteiger partial charge < -0.3 is 16.4 Å². The average Bonchev–Trinajstić information content (AvgIpc) is 2.56. The molecule has 140 valence electrons. The Morgan fingerprint density at radius 3 is 2.65 bits per heavy atom. The third-order valence-corrected chi connectivity index (χ3v) is 4.53. The number of benzene rings is 1. The quantitative estimate of drug-likeness (QED) is 0.619. The van der Waals surface area contributed by atoms with Crippen LogP contribution < -0.4 is 16.4 Å². The molecule has 0 fully saturated rings. The fraction of sp³-hybridized carbons (Fsp3) is 0.444. The van der Waals surface area contributed by atoms with Crippen LogP contribution in [0.25, 0.3) is 0 Å². The zero-order valence-electron chi connectivity index (χ0n) is 15.5. The lowest BCUT2D eigenvalue weighted by Crippen LogP contribution is -2.33. The van der Waals surface area contributed by atoms with E-state index in [0.29, 0.717) is 23.3 Å². The zero-order chi connectivity index (χ0) is 18.9. The molecule has 4 N–H and O–H groups in total. The number of amides is 1. The molecule has 2 aromatic rings. The first kappa shape index (κ1) is 20.0. The number of hydrogen-bond acceptors (Lipinski definition) is 7. The lowest BCUT2D eigenvalue weighted by Gasteiger charge is -2.12. The summed E-state index contributed by atoms with van der Waals surface area (Å²) in [5, 5.41) is 6.10. The third-order valence-electron chi connectivity index (χ3n) is 3.60. The van der Waals surface area contributed by atoms with Gasteiger partial charge in [0, 0.05) is 11.7 Å². The number of nitrogen functional groups attached to an aromatic ring is 1. The summed E-state index contributed by atoms with van der Waals surface area (Å²) >= 11 is 1.45. The number of carbonyl (C=O) groups excluding carboxylic acids is 1. The molecule has 1 atom stereocenters. The second kappa shape index (κ2) is 9.96. The number of nitrogens with one attached hydrogen (secondary N) is 2. The lowest BCUT2D eigenvalue weighted by molar-refractivity contribution is -0.119. The molecule has 26 heavy (non-hydrogen) atoms. The summed E-state index contributed by atoms with van der Waals surface area (Å²) in [6.07, 6.45) is 2.03. The predicted molar refractivity (Wildman–Crippen MR) is 107 cm³/mol. The first-order valence-corrected chi connectivity index (χ1v) is 9.83. The zero-order valence-corrected chi connectivity index (χ0v) is 16.3. The molecule has 7 nitrogen and oxygen atoms in total. The first-order valence-electron chi connectivity index (χ1n) is 8.67. The van der Waals surface area contributed by atoms with Gasteiger partial charge in [-0.3, -0.25) is 4.79 Å². The van der Waals surface area contributed by atoms with Gasteiger partial charge in [0.2, 0.25) is 17.8 Å². The number of thioether (sulfide) groups is 1. The van der Waals surface area contributed by atoms with Crippen LogP contribution in [0.5, 0.6) is 0 Å². The SMILES string of the molecule is CCC[C@@H](C)NC(=O)CSCc1nc(N)nc(Nc2ccc(C)cc2)n1. The number of aryl methyl sites for hydroxylation is 1. The van der Waals surface area contributed by atoms with E-state index < -0.39 is 0 Å². The summed E-state index contributed by atoms with van der Waals surface area (Å²) in [6.45, 7) is 6.14. The minimum absolute atomic E-state index is 0.0241. The van der Waals surface area contributed by atoms with E-state index in [1.54, 1.807) is 0 Å². The molecule has 0 radical (unpaired) electrons. The molecular weight excluding hydrogens is 348 g/mol. The largest absolute Gasteiger partial charge is 0.368 e. The Balaban J connectivity index is 1.88. The molecule has 0 aliphatic rings. The van der Waals surface area contributed by atoms with Crippen molar-refractivity contribution in [1.29, 1.82) is 0 Å². The highest BCUT2D eigenvalue weighted by Gasteiger charge is 2.09. The molecule has 0 saturated heterocycles. The highest BCUT2D eigenvalue weighted by Crippen LogP contribution is 2.16. The van der Waals surface area contributed by atoms with E-state index in [9.17, 15) is 4.79 Å². The van der Waals surface area contributed by atoms with Crippen LogP contribution in [0.15, 0.2) is 24.3 Å². The lowest BCUT2D eigenvalue weighted by atomic mass is 10.2. The normalized spacial score (nSPS) is 11.8. The number of carbonyl (C=O) groups is 1. The van der Waals surface area contributed by atoms with E-state index in [1.807, 2.05) is 38.1 Å². The number of anilines is 3. The summed E-state index contributed by atoms with van der Waals surface area (Å²) in [6, 6.07) is 8.10. The minimum atomic E-state index is 0.0241. The summed E-state index contributed by atoms with van der Waals surface area (Å²) in [4.78, 5) is 24.5. The van der Waals surface area contributed by atoms with E-state index in [-0.39, 0.29) is 17.9 Å². The molecule has 0 unspecified atom stereocenters. The number of rotatable bonds is 9. The van der Waals surface area contributed by atoms with E-state index >= 15 is 0 Å². The van der Waals surface area contributed by atoms with Crippen molar-refractivity contribution < 1.29 is 4.79 Å². The van der Waals surface area contributed by atoms with E-state index in [2.05, 4.69) is 32.5 Å². The molecule has 8 heteroatoms. The molecule has 0 aliphatic heterocycles. The van der Waals surface area contributed by atoms with Gasteiger partial charge in [0.05, 0.1) is 11.5 Å². The van der Waals surface area contributed by atoms with Gasteiger partial charge in [-0.25, -0.2) is 0 Å². The third kappa shape index (κ3) is 6.87. The summed E-state index contributed by atoms with van der Waals surface area (Å²) in [5.41, 5.74) is 7.83. The van der Waals surface area contributed by atoms with Crippen LogP contribution in [0.1, 0.15) is 38.1 Å². The van der Waals surface area contributed by atoms with Gasteiger partial charge in [-0.2, -0.15) is 15.0 Å². The van der Waals surface area contributed by atoms with Crippen LogP contribution in [-0.4, -0.2) is 32.7 Å². The standard InChI is InChI=1S/C18H26N6OS/c1-4-5-13(3)20-16(25)11-26-10-15-22-17(19)24-18(23-15)21-14-8-6-12(2)7-9-14/h6-9,13H,4-5,10-11H2,1-3H3,(H,20,25)(H3,19,21,22,23,24)/t13-/m1/s1. The Bertz CT molecular complexity index is 722. The van der Waals surface area contributed by atoms with Crippen LogP contribution in [0.4, 0.5) is 17.6 Å². The molecule has 0 aliphatic carbocycles. The fourth-order valence-corrected chi connectivity index (χ4v) is 3.06. The Kier molecular flexibility index (Phi) is 7.65. The molecule has 1 aromatic carbocycles. The van der Waals surface area contributed by atoms with Gasteiger partial charge in [0.1, 0.15) is 5.82 Å². The van der Waals surface area contributed by atoms with Crippen molar-refractivity contribution in [2.24, 2.45) is 0 Å². The Morgan fingerprint density at radius 1 is 1.23 bits per heavy atom. The van der Waals surface area contributed by atoms with Crippen LogP contribution in [0, 0.1) is 6.92 Å². The molecule has 2 rings (SSSR count). The molecular formula is C18H26N6OS. The fourth-order valence-electron chi connectivity index (χ4n) is 2.38. The van der Waals surface area contributed by atoms with E-state index in [4.69, 9.17) is 5.73 Å². The van der Waals surface area contributed by atoms with Crippen molar-refractivity contribution in [2.75, 3.05) is 16.8 Å². The van der Waals surface area contributed by atoms with Gasteiger partial charge in [0.25, 0.3) is 0 Å². The summed E-state index contributed by atoms with van der Waals surface area (Å²) in [5.74, 6) is 1.98. The van der Waals surface area contributed by atoms with Gasteiger partial charge in [-0.15, -0.1) is 11.8 Å². The predicted octanol–water partition coefficient (Wildman–Crippen LogP) is 3.04. The maximum atomic E-state index is 11.9. The van der Waals surface area contributed by atoms with Gasteiger partial charge >= 0.3 is 0 Å². The summed E-state index contributed by atoms with van der Waals surface area (Å²) in [7, 11) is 0. The van der Waals surface area contributed by atoms with Crippen LogP contribution >= 0.6 is 11.8 Å². The van der Waals surface area contributed by atoms with Crippen molar-refractivity contribution in [3.63, 3.8) is 0 Å². The number of nitrogens with zero attached hydrogens (tertiary/aromatic N) is 3. The number of aromatic nitrogens is 3. The van der Waals surface area contributed by atoms with E-state index in [0.717, 1.165) is 18.5 Å². The molecule has 0 spiro atoms. The van der Waals surface area contributed by atoms with Gasteiger partial charge in [-0.1, -0.05) is 31.0 Å². The smallest absolute Gasteiger partial charge is 0.232 e. The van der Waals surface area contributed by atoms with Crippen LogP contribution in [0.2, 0.25) is 0 Å². The van der Waals surface area contributed by atoms with Crippen molar-refractivity contribution in [2.45, 2.75) is 45.4 Å². The van der Waals surface area contributed by atoms with Crippen molar-refractivity contribution in [1.82, 2.24) is 20.3 Å². The monoisotopic (exact) mass is 374 g/mol. The highest BCUT2D eigenvalue weighted by molar-refractivity contribution is 7.99. The molecule has 0 bridgehead atoms. The number of nitrogens with two attached hydrogens (primary N) is 1. The maximum Gasteiger partial charge on any atom is 0.232 e. The topological polar surface area (TPSA) is 106 Å². The maximum absolute atomic E-state index is 11.9. The van der Waals surface area contributed by atoms with Crippen LogP contribution in [-0.2, 0) is 10.5 Å². The van der Waals surface area contributed by atoms with E-state index in [1.165, 1.54) is 17.3 Å². The summed E-state index contributed by atoms with van der Waals surface area (Å²) < 4.78 is 0. The molecule has 1 aromatic heterocycles. The minimum Gasteiger partial charge on any atom is -0.368 e. The van der Waals surface area contributed by atoms with Crippen LogP contribution in [0.3, 0.4) is 0 Å². The Labute approximate surface area is 158 Å². The molecule has 1 amide bonds. The van der Waals surface area contributed by atoms with Gasteiger partial charge in [0.15, 0.2) is 0 Å². The van der Waals surface area contributed by atoms with Gasteiger partial charge in [-0.05, 0) is 32.4 Å². The number of hydrogen-bond donors (Lipinski definition) is 3. The molecule has 1 heterocycles. The van der Waals surface area contributed by atoms with Crippen molar-refractivity contribution >= 4 is 35.3 Å². The van der Waals surface area contributed by atoms with Crippen molar-refractivity contribution in [3.05, 3.63) is 35.7 Å². The average molecular weight is 375 g/mol. The van der Waals surface area contributed by atoms with Crippen molar-refractivity contribution in [3.8, 4) is 0 Å². The second-order valence-electron chi connectivity index (χ2n) is 6.17. The molecule has 0 saturated carbocycles. The highest BCUT2D eigenvalue weighted by atomic mass is 32.2. The first-order chi connectivity index (χ1) is 12.5. The Morgan fingerprint density at radius 2 is 1.96 bits per heavy atom.